The zero-order valence-corrected chi connectivity index (χ0v) is 36.3. The molecule has 2 aromatic carbocycles. The molecule has 56 heavy (non-hydrogen) atoms. The minimum absolute atomic E-state index is 0.137. The second kappa shape index (κ2) is 21.0. The highest BCUT2D eigenvalue weighted by Gasteiger charge is 2.30. The van der Waals surface area contributed by atoms with Gasteiger partial charge in [-0.25, -0.2) is 0 Å². The average molecular weight is 848 g/mol. The van der Waals surface area contributed by atoms with Crippen LogP contribution >= 0.6 is 15.9 Å². The van der Waals surface area contributed by atoms with Crippen LogP contribution in [0, 0.1) is 27.2 Å². The number of hydrogen-bond donors (Lipinski definition) is 2. The second-order valence-corrected chi connectivity index (χ2v) is 16.8. The monoisotopic (exact) mass is 846 g/mol. The molecule has 0 unspecified atom stereocenters. The molecular formula is C38H64BBrN10O6. The van der Waals surface area contributed by atoms with Crippen LogP contribution in [0.15, 0.2) is 28.7 Å². The van der Waals surface area contributed by atoms with Gasteiger partial charge in [-0.3, -0.25) is 30.0 Å². The number of nitro groups is 2. The Morgan fingerprint density at radius 3 is 1.34 bits per heavy atom. The van der Waals surface area contributed by atoms with Crippen molar-refractivity contribution in [3.63, 3.8) is 0 Å². The van der Waals surface area contributed by atoms with Gasteiger partial charge in [0.2, 0.25) is 0 Å². The van der Waals surface area contributed by atoms with E-state index in [1.807, 2.05) is 57.0 Å². The first-order chi connectivity index (χ1) is 26.5. The number of nitrogens with zero attached hydrogens (tertiary/aromatic N) is 10. The smallest absolute Gasteiger partial charge is 0.427 e. The average Bonchev–Trinajstić information content (AvgIpc) is 3.15. The summed E-state index contributed by atoms with van der Waals surface area (Å²) in [7, 11) is 10.6. The largest absolute Gasteiger partial charge is 0.448 e. The third-order valence-electron chi connectivity index (χ3n) is 11.4. The molecule has 0 aromatic heterocycles. The number of anilines is 4. The third-order valence-corrected chi connectivity index (χ3v) is 12.0. The molecular weight excluding hydrogens is 783 g/mol. The lowest BCUT2D eigenvalue weighted by atomic mass is 9.99. The highest BCUT2D eigenvalue weighted by atomic mass is 79.9. The van der Waals surface area contributed by atoms with Gasteiger partial charge < -0.3 is 39.4 Å². The lowest BCUT2D eigenvalue weighted by Crippen LogP contribution is -2.52. The van der Waals surface area contributed by atoms with Gasteiger partial charge in [-0.2, -0.15) is 0 Å². The lowest BCUT2D eigenvalue weighted by molar-refractivity contribution is -0.384. The molecule has 4 aliphatic heterocycles. The topological polar surface area (TPSA) is 153 Å². The maximum Gasteiger partial charge on any atom is 0.448 e. The molecule has 4 aliphatic rings. The summed E-state index contributed by atoms with van der Waals surface area (Å²) in [6, 6.07) is 8.62. The minimum Gasteiger partial charge on any atom is -0.427 e. The van der Waals surface area contributed by atoms with Crippen molar-refractivity contribution in [3.8, 4) is 0 Å². The summed E-state index contributed by atoms with van der Waals surface area (Å²) in [6.07, 6.45) is 4.61. The first-order valence-electron chi connectivity index (χ1n) is 19.8. The molecule has 6 rings (SSSR count). The zero-order chi connectivity index (χ0) is 41.3. The van der Waals surface area contributed by atoms with Crippen LogP contribution in [-0.2, 0) is 0 Å². The minimum atomic E-state index is -1.17. The van der Waals surface area contributed by atoms with Crippen molar-refractivity contribution < 1.29 is 19.9 Å². The van der Waals surface area contributed by atoms with Gasteiger partial charge in [0.25, 0.3) is 11.4 Å². The number of likely N-dealkylation sites (N-methyl/N-ethyl adjacent to an activating group) is 2. The lowest BCUT2D eigenvalue weighted by Gasteiger charge is -2.43. The molecule has 0 saturated carbocycles. The summed E-state index contributed by atoms with van der Waals surface area (Å²) in [4.78, 5) is 40.6. The number of hydrogen-bond acceptors (Lipinski definition) is 14. The molecule has 312 valence electrons. The van der Waals surface area contributed by atoms with E-state index in [2.05, 4.69) is 59.4 Å². The Balaban J connectivity index is 0.000000227. The van der Waals surface area contributed by atoms with E-state index in [1.165, 1.54) is 19.9 Å². The van der Waals surface area contributed by atoms with Crippen LogP contribution < -0.4 is 19.6 Å². The summed E-state index contributed by atoms with van der Waals surface area (Å²) in [5, 5.41) is 37.9. The van der Waals surface area contributed by atoms with Gasteiger partial charge >= 0.3 is 7.12 Å². The molecule has 4 fully saturated rings. The second-order valence-electron chi connectivity index (χ2n) is 16.0. The van der Waals surface area contributed by atoms with Crippen molar-refractivity contribution in [2.75, 3.05) is 140 Å². The Kier molecular flexibility index (Phi) is 17.0. The summed E-state index contributed by atoms with van der Waals surface area (Å²) < 4.78 is 0.799. The molecule has 0 spiro atoms. The highest BCUT2D eigenvalue weighted by Crippen LogP contribution is 2.39. The van der Waals surface area contributed by atoms with Crippen LogP contribution in [-0.4, -0.2) is 180 Å². The number of piperazine rings is 2. The Hall–Kier alpha value is -3.26. The van der Waals surface area contributed by atoms with E-state index in [-0.39, 0.29) is 21.2 Å². The molecule has 18 heteroatoms. The molecule has 4 heterocycles. The van der Waals surface area contributed by atoms with Crippen LogP contribution in [0.1, 0.15) is 31.2 Å². The summed E-state index contributed by atoms with van der Waals surface area (Å²) >= 11 is 3.55. The molecule has 0 radical (unpaired) electrons. The van der Waals surface area contributed by atoms with Crippen LogP contribution in [0.2, 0.25) is 6.82 Å². The molecule has 4 saturated heterocycles. The van der Waals surface area contributed by atoms with Crippen LogP contribution in [0.25, 0.3) is 0 Å². The van der Waals surface area contributed by atoms with E-state index in [1.54, 1.807) is 12.1 Å². The Morgan fingerprint density at radius 2 is 0.982 bits per heavy atom. The van der Waals surface area contributed by atoms with Gasteiger partial charge in [0.05, 0.1) is 15.5 Å². The summed E-state index contributed by atoms with van der Waals surface area (Å²) in [5.41, 5.74) is 4.82. The van der Waals surface area contributed by atoms with Crippen molar-refractivity contribution in [3.05, 3.63) is 54.5 Å². The van der Waals surface area contributed by atoms with Crippen molar-refractivity contribution in [1.29, 1.82) is 0 Å². The molecule has 2 aromatic rings. The molecule has 0 bridgehead atoms. The van der Waals surface area contributed by atoms with E-state index >= 15 is 0 Å². The van der Waals surface area contributed by atoms with E-state index in [9.17, 15) is 20.2 Å². The Labute approximate surface area is 342 Å². The SMILES string of the molecule is CB(O)O.CN1CCN(C2CCN(c3cc(N(C)C)c([N+](=O)[O-])cc3Br)CC2)CC1.Cc1cc([N+](=O)[O-])c(N(C)C)cc1N1CCC(N2CCN(C)CC2)CC1. The number of nitro benzene ring substituents is 2. The number of piperidine rings is 2. The van der Waals surface area contributed by atoms with Crippen molar-refractivity contribution in [1.82, 2.24) is 19.6 Å². The zero-order valence-electron chi connectivity index (χ0n) is 34.7. The predicted molar refractivity (Wildman–Crippen MR) is 232 cm³/mol. The number of benzene rings is 2. The van der Waals surface area contributed by atoms with Crippen LogP contribution in [0.3, 0.4) is 0 Å². The van der Waals surface area contributed by atoms with E-state index in [4.69, 9.17) is 10.0 Å². The van der Waals surface area contributed by atoms with E-state index < -0.39 is 7.12 Å². The fourth-order valence-corrected chi connectivity index (χ4v) is 8.70. The third kappa shape index (κ3) is 12.4. The van der Waals surface area contributed by atoms with Gasteiger partial charge in [0.15, 0.2) is 0 Å². The Morgan fingerprint density at radius 1 is 0.643 bits per heavy atom. The van der Waals surface area contributed by atoms with E-state index in [0.29, 0.717) is 23.5 Å². The van der Waals surface area contributed by atoms with Crippen LogP contribution in [0.4, 0.5) is 34.1 Å². The van der Waals surface area contributed by atoms with Crippen LogP contribution in [0.5, 0.6) is 0 Å². The molecule has 16 nitrogen and oxygen atoms in total. The van der Waals surface area contributed by atoms with Gasteiger partial charge in [-0.1, -0.05) is 0 Å². The Bertz CT molecular complexity index is 1470. The quantitative estimate of drug-likeness (QED) is 0.224. The maximum absolute atomic E-state index is 11.4. The standard InChI is InChI=1S/C19H31N5O2.C18H28BrN5O2.CH5BO2/c1-15-13-19(24(25)26)18(20(2)3)14-17(15)23-7-5-16(6-8-23)22-11-9-21(4)10-12-22;1-20(2)17-13-16(15(19)12-18(17)24(25)26)23-6-4-14(5-7-23)22-10-8-21(3)9-11-22;1-2(3)4/h13-14,16H,5-12H2,1-4H3;12-14H,4-11H2,1-3H3;3-4H,1H3. The van der Waals surface area contributed by atoms with Gasteiger partial charge in [-0.15, -0.1) is 0 Å². The van der Waals surface area contributed by atoms with Gasteiger partial charge in [0, 0.05) is 141 Å². The fraction of sp³-hybridized carbons (Fsp3) is 0.684. The predicted octanol–water partition coefficient (Wildman–Crippen LogP) is 3.91. The molecule has 0 atom stereocenters. The normalized spacial score (nSPS) is 19.4. The fourth-order valence-electron chi connectivity index (χ4n) is 8.12. The maximum atomic E-state index is 11.4. The van der Waals surface area contributed by atoms with Gasteiger partial charge in [-0.05, 0) is 87.2 Å². The van der Waals surface area contributed by atoms with E-state index in [0.717, 1.165) is 113 Å². The molecule has 0 aliphatic carbocycles. The van der Waals surface area contributed by atoms with Gasteiger partial charge in [0.1, 0.15) is 11.4 Å². The number of aryl methyl sites for hydroxylation is 1. The number of rotatable bonds is 8. The molecule has 2 N–H and O–H groups in total. The molecule has 0 amide bonds. The van der Waals surface area contributed by atoms with Crippen molar-refractivity contribution in [2.24, 2.45) is 0 Å². The first kappa shape index (κ1) is 45.4. The highest BCUT2D eigenvalue weighted by molar-refractivity contribution is 9.10. The summed E-state index contributed by atoms with van der Waals surface area (Å²) in [6.45, 7) is 16.5. The van der Waals surface area contributed by atoms with Crippen molar-refractivity contribution >= 4 is 57.2 Å². The van der Waals surface area contributed by atoms with Crippen molar-refractivity contribution in [2.45, 2.75) is 51.5 Å². The number of halogens is 1. The summed E-state index contributed by atoms with van der Waals surface area (Å²) in [5.74, 6) is 0. The first-order valence-corrected chi connectivity index (χ1v) is 20.6.